The van der Waals surface area contributed by atoms with Crippen LogP contribution in [0.15, 0.2) is 71.6 Å². The van der Waals surface area contributed by atoms with E-state index in [2.05, 4.69) is 5.43 Å². The normalized spacial score (nSPS) is 15.4. The Morgan fingerprint density at radius 2 is 1.75 bits per heavy atom. The molecule has 0 saturated carbocycles. The molecule has 0 spiro atoms. The van der Waals surface area contributed by atoms with Gasteiger partial charge in [-0.15, -0.1) is 0 Å². The van der Waals surface area contributed by atoms with E-state index in [0.29, 0.717) is 4.91 Å². The number of phenolic OH excluding ortho intramolecular Hbond substituents is 1. The molecule has 1 aliphatic heterocycles. The molecule has 138 valence electrons. The lowest BCUT2D eigenvalue weighted by molar-refractivity contribution is -0.123. The molecule has 3 aromatic carbocycles. The highest BCUT2D eigenvalue weighted by atomic mass is 32.2. The zero-order valence-corrected chi connectivity index (χ0v) is 16.1. The number of aromatic hydroxyl groups is 1. The minimum atomic E-state index is -0.610. The molecule has 0 atom stereocenters. The Balaban J connectivity index is 1.61. The summed E-state index contributed by atoms with van der Waals surface area (Å²) in [6, 6.07) is 19.9. The van der Waals surface area contributed by atoms with Crippen LogP contribution in [0.2, 0.25) is 0 Å². The lowest BCUT2D eigenvalue weighted by atomic mass is 10.0. The van der Waals surface area contributed by atoms with Gasteiger partial charge in [-0.1, -0.05) is 66.4 Å². The van der Waals surface area contributed by atoms with Gasteiger partial charge in [-0.2, -0.15) is 5.01 Å². The number of nitrogens with one attached hydrogen (secondary N) is 1. The molecule has 0 radical (unpaired) electrons. The lowest BCUT2D eigenvalue weighted by Gasteiger charge is -2.16. The summed E-state index contributed by atoms with van der Waals surface area (Å²) in [4.78, 5) is 25.6. The first-order valence-electron chi connectivity index (χ1n) is 8.39. The molecule has 0 aromatic heterocycles. The number of fused-ring (bicyclic) bond motifs is 1. The van der Waals surface area contributed by atoms with Gasteiger partial charge in [-0.25, -0.2) is 0 Å². The largest absolute Gasteiger partial charge is 0.507 e. The van der Waals surface area contributed by atoms with Crippen LogP contribution in [0.3, 0.4) is 0 Å². The van der Waals surface area contributed by atoms with Gasteiger partial charge < -0.3 is 5.11 Å². The van der Waals surface area contributed by atoms with Gasteiger partial charge in [-0.05, 0) is 46.8 Å². The quantitative estimate of drug-likeness (QED) is 0.506. The number of rotatable bonds is 3. The van der Waals surface area contributed by atoms with E-state index in [1.165, 1.54) is 12.1 Å². The number of benzene rings is 3. The Morgan fingerprint density at radius 1 is 1.04 bits per heavy atom. The number of nitrogens with zero attached hydrogens (tertiary/aromatic N) is 1. The molecule has 1 fully saturated rings. The Labute approximate surface area is 170 Å². The molecule has 0 bridgehead atoms. The van der Waals surface area contributed by atoms with Crippen LogP contribution in [0, 0.1) is 0 Å². The van der Waals surface area contributed by atoms with Gasteiger partial charge in [0.05, 0.1) is 10.5 Å². The number of carbonyl (C=O) groups is 2. The Bertz CT molecular complexity index is 1150. The minimum Gasteiger partial charge on any atom is -0.507 e. The van der Waals surface area contributed by atoms with E-state index in [1.807, 2.05) is 42.5 Å². The third kappa shape index (κ3) is 3.37. The SMILES string of the molecule is O=C(NN1C(=O)C(=Cc2cccc3ccccc23)SC1=S)c1ccccc1O. The second kappa shape index (κ2) is 7.46. The van der Waals surface area contributed by atoms with Crippen molar-refractivity contribution in [2.75, 3.05) is 0 Å². The average Bonchev–Trinajstić information content (AvgIpc) is 2.96. The van der Waals surface area contributed by atoms with Crippen molar-refractivity contribution in [3.05, 3.63) is 82.8 Å². The summed E-state index contributed by atoms with van der Waals surface area (Å²) < 4.78 is 0.222. The van der Waals surface area contributed by atoms with E-state index in [-0.39, 0.29) is 15.6 Å². The maximum atomic E-state index is 12.8. The molecular formula is C21H14N2O3S2. The number of hydrogen-bond acceptors (Lipinski definition) is 5. The first-order chi connectivity index (χ1) is 13.5. The summed E-state index contributed by atoms with van der Waals surface area (Å²) in [5, 5.41) is 12.9. The van der Waals surface area contributed by atoms with Crippen molar-refractivity contribution in [3.63, 3.8) is 0 Å². The second-order valence-electron chi connectivity index (χ2n) is 6.04. The minimum absolute atomic E-state index is 0.0644. The fraction of sp³-hybridized carbons (Fsp3) is 0. The molecule has 3 aromatic rings. The van der Waals surface area contributed by atoms with E-state index in [1.54, 1.807) is 18.2 Å². The fourth-order valence-corrected chi connectivity index (χ4v) is 4.08. The van der Waals surface area contributed by atoms with E-state index in [0.717, 1.165) is 33.1 Å². The van der Waals surface area contributed by atoms with Crippen LogP contribution in [-0.4, -0.2) is 26.3 Å². The van der Waals surface area contributed by atoms with Crippen LogP contribution in [0.25, 0.3) is 16.8 Å². The van der Waals surface area contributed by atoms with Crippen molar-refractivity contribution in [1.29, 1.82) is 0 Å². The molecule has 4 rings (SSSR count). The van der Waals surface area contributed by atoms with Crippen LogP contribution in [0.1, 0.15) is 15.9 Å². The van der Waals surface area contributed by atoms with Gasteiger partial charge in [0.25, 0.3) is 11.8 Å². The number of para-hydroxylation sites is 1. The number of carbonyl (C=O) groups excluding carboxylic acids is 2. The molecule has 28 heavy (non-hydrogen) atoms. The van der Waals surface area contributed by atoms with Gasteiger partial charge in [-0.3, -0.25) is 15.0 Å². The first-order valence-corrected chi connectivity index (χ1v) is 9.62. The summed E-state index contributed by atoms with van der Waals surface area (Å²) in [5.74, 6) is -1.19. The molecular weight excluding hydrogens is 392 g/mol. The third-order valence-corrected chi connectivity index (χ3v) is 5.57. The zero-order chi connectivity index (χ0) is 19.7. The second-order valence-corrected chi connectivity index (χ2v) is 7.72. The topological polar surface area (TPSA) is 69.6 Å². The number of phenols is 1. The predicted octanol–water partition coefficient (Wildman–Crippen LogP) is 4.09. The van der Waals surface area contributed by atoms with Gasteiger partial charge in [0.15, 0.2) is 4.32 Å². The molecule has 2 amide bonds. The number of hydrazine groups is 1. The summed E-state index contributed by atoms with van der Waals surface area (Å²) in [6.45, 7) is 0. The number of thioether (sulfide) groups is 1. The third-order valence-electron chi connectivity index (χ3n) is 4.27. The molecule has 1 aliphatic rings. The molecule has 1 saturated heterocycles. The highest BCUT2D eigenvalue weighted by Crippen LogP contribution is 2.33. The van der Waals surface area contributed by atoms with Crippen LogP contribution < -0.4 is 5.43 Å². The van der Waals surface area contributed by atoms with Crippen LogP contribution in [-0.2, 0) is 4.79 Å². The Kier molecular flexibility index (Phi) is 4.85. The molecule has 7 heteroatoms. The van der Waals surface area contributed by atoms with Crippen molar-refractivity contribution in [3.8, 4) is 5.75 Å². The van der Waals surface area contributed by atoms with Crippen molar-refractivity contribution < 1.29 is 14.7 Å². The van der Waals surface area contributed by atoms with Crippen molar-refractivity contribution in [2.24, 2.45) is 0 Å². The molecule has 2 N–H and O–H groups in total. The number of amides is 2. The molecule has 5 nitrogen and oxygen atoms in total. The van der Waals surface area contributed by atoms with E-state index in [9.17, 15) is 14.7 Å². The molecule has 0 unspecified atom stereocenters. The van der Waals surface area contributed by atoms with Crippen molar-refractivity contribution in [2.45, 2.75) is 0 Å². The van der Waals surface area contributed by atoms with Gasteiger partial charge >= 0.3 is 0 Å². The van der Waals surface area contributed by atoms with Gasteiger partial charge in [0.2, 0.25) is 0 Å². The lowest BCUT2D eigenvalue weighted by Crippen LogP contribution is -2.44. The molecule has 1 heterocycles. The maximum absolute atomic E-state index is 12.8. The van der Waals surface area contributed by atoms with Crippen LogP contribution in [0.5, 0.6) is 5.75 Å². The average molecular weight is 406 g/mol. The van der Waals surface area contributed by atoms with Gasteiger partial charge in [0.1, 0.15) is 5.75 Å². The van der Waals surface area contributed by atoms with E-state index in [4.69, 9.17) is 12.2 Å². The molecule has 0 aliphatic carbocycles. The number of hydrogen-bond donors (Lipinski definition) is 2. The van der Waals surface area contributed by atoms with Crippen LogP contribution in [0.4, 0.5) is 0 Å². The highest BCUT2D eigenvalue weighted by Gasteiger charge is 2.34. The Hall–Kier alpha value is -3.16. The van der Waals surface area contributed by atoms with Crippen molar-refractivity contribution in [1.82, 2.24) is 10.4 Å². The summed E-state index contributed by atoms with van der Waals surface area (Å²) in [5.41, 5.74) is 3.43. The number of thiocarbonyl (C=S) groups is 1. The summed E-state index contributed by atoms with van der Waals surface area (Å²) >= 11 is 6.38. The first kappa shape index (κ1) is 18.2. The standard InChI is InChI=1S/C21H14N2O3S2/c24-17-11-4-3-10-16(17)19(25)22-23-20(26)18(28-21(23)27)12-14-8-5-7-13-6-1-2-9-15(13)14/h1-12,24H,(H,22,25). The Morgan fingerprint density at radius 3 is 2.57 bits per heavy atom. The monoisotopic (exact) mass is 406 g/mol. The zero-order valence-electron chi connectivity index (χ0n) is 14.5. The maximum Gasteiger partial charge on any atom is 0.285 e. The van der Waals surface area contributed by atoms with E-state index < -0.39 is 11.8 Å². The van der Waals surface area contributed by atoms with Gasteiger partial charge in [0, 0.05) is 0 Å². The predicted molar refractivity (Wildman–Crippen MR) is 115 cm³/mol. The van der Waals surface area contributed by atoms with Crippen molar-refractivity contribution >= 4 is 57.0 Å². The van der Waals surface area contributed by atoms with E-state index >= 15 is 0 Å². The summed E-state index contributed by atoms with van der Waals surface area (Å²) in [6.07, 6.45) is 1.77. The summed E-state index contributed by atoms with van der Waals surface area (Å²) in [7, 11) is 0. The van der Waals surface area contributed by atoms with Crippen LogP contribution >= 0.6 is 24.0 Å². The smallest absolute Gasteiger partial charge is 0.285 e. The fourth-order valence-electron chi connectivity index (χ4n) is 2.91. The highest BCUT2D eigenvalue weighted by molar-refractivity contribution is 8.26.